The van der Waals surface area contributed by atoms with Crippen LogP contribution in [0.5, 0.6) is 0 Å². The van der Waals surface area contributed by atoms with Crippen LogP contribution in [0.1, 0.15) is 6.42 Å². The van der Waals surface area contributed by atoms with E-state index in [0.717, 1.165) is 6.21 Å². The Morgan fingerprint density at radius 1 is 1.69 bits per heavy atom. The summed E-state index contributed by atoms with van der Waals surface area (Å²) in [6.45, 7) is 0. The number of aliphatic imine (C=N–C) groups is 1. The SMILES string of the molecule is N=CN=C(C=NO)CC(N)C(=O)O. The molecule has 7 heteroatoms. The number of carboxylic acids is 1. The van der Waals surface area contributed by atoms with E-state index in [1.54, 1.807) is 0 Å². The molecular weight excluding hydrogens is 176 g/mol. The first kappa shape index (κ1) is 11.2. The lowest BCUT2D eigenvalue weighted by Gasteiger charge is -2.03. The molecule has 1 unspecified atom stereocenters. The zero-order valence-electron chi connectivity index (χ0n) is 6.71. The number of hydrogen-bond acceptors (Lipinski definition) is 5. The molecule has 7 nitrogen and oxygen atoms in total. The van der Waals surface area contributed by atoms with Crippen molar-refractivity contribution < 1.29 is 15.1 Å². The summed E-state index contributed by atoms with van der Waals surface area (Å²) < 4.78 is 0. The Hall–Kier alpha value is -1.76. The van der Waals surface area contributed by atoms with Crippen LogP contribution in [-0.4, -0.2) is 40.6 Å². The molecule has 72 valence electrons. The number of nitrogens with two attached hydrogens (primary N) is 1. The van der Waals surface area contributed by atoms with E-state index in [1.165, 1.54) is 0 Å². The Labute approximate surface area is 74.1 Å². The third-order valence-corrected chi connectivity index (χ3v) is 1.18. The van der Waals surface area contributed by atoms with Crippen molar-refractivity contribution in [3.8, 4) is 0 Å². The van der Waals surface area contributed by atoms with Gasteiger partial charge < -0.3 is 16.0 Å². The van der Waals surface area contributed by atoms with Crippen LogP contribution in [0.15, 0.2) is 10.1 Å². The van der Waals surface area contributed by atoms with Crippen LogP contribution in [-0.2, 0) is 4.79 Å². The van der Waals surface area contributed by atoms with E-state index in [1.807, 2.05) is 0 Å². The number of rotatable bonds is 5. The summed E-state index contributed by atoms with van der Waals surface area (Å²) in [5.41, 5.74) is 5.31. The summed E-state index contributed by atoms with van der Waals surface area (Å²) in [5.74, 6) is -1.18. The summed E-state index contributed by atoms with van der Waals surface area (Å²) in [7, 11) is 0. The molecule has 0 bridgehead atoms. The minimum absolute atomic E-state index is 0.0885. The van der Waals surface area contributed by atoms with Gasteiger partial charge in [0.2, 0.25) is 0 Å². The highest BCUT2D eigenvalue weighted by Gasteiger charge is 2.13. The summed E-state index contributed by atoms with van der Waals surface area (Å²) in [6, 6.07) is -1.11. The lowest BCUT2D eigenvalue weighted by atomic mass is 10.1. The maximum Gasteiger partial charge on any atom is 0.320 e. The van der Waals surface area contributed by atoms with Crippen molar-refractivity contribution in [1.82, 2.24) is 0 Å². The number of hydrogen-bond donors (Lipinski definition) is 4. The highest BCUT2D eigenvalue weighted by molar-refractivity contribution is 6.32. The number of nitrogens with one attached hydrogen (secondary N) is 1. The largest absolute Gasteiger partial charge is 0.480 e. The third-order valence-electron chi connectivity index (χ3n) is 1.18. The fraction of sp³-hybridized carbons (Fsp3) is 0.333. The molecule has 1 atom stereocenters. The Morgan fingerprint density at radius 2 is 2.31 bits per heavy atom. The van der Waals surface area contributed by atoms with Crippen molar-refractivity contribution in [1.29, 1.82) is 5.41 Å². The van der Waals surface area contributed by atoms with Crippen LogP contribution < -0.4 is 5.73 Å². The van der Waals surface area contributed by atoms with Gasteiger partial charge in [0.25, 0.3) is 0 Å². The van der Waals surface area contributed by atoms with Gasteiger partial charge in [-0.15, -0.1) is 0 Å². The third kappa shape index (κ3) is 4.64. The van der Waals surface area contributed by atoms with Gasteiger partial charge in [-0.3, -0.25) is 10.2 Å². The van der Waals surface area contributed by atoms with Crippen LogP contribution in [0.3, 0.4) is 0 Å². The van der Waals surface area contributed by atoms with Gasteiger partial charge in [-0.2, -0.15) is 0 Å². The lowest BCUT2D eigenvalue weighted by Crippen LogP contribution is -2.32. The van der Waals surface area contributed by atoms with E-state index in [0.29, 0.717) is 6.34 Å². The summed E-state index contributed by atoms with van der Waals surface area (Å²) in [5, 5.41) is 25.8. The van der Waals surface area contributed by atoms with Crippen LogP contribution in [0.25, 0.3) is 0 Å². The van der Waals surface area contributed by atoms with Crippen molar-refractivity contribution in [2.24, 2.45) is 15.9 Å². The van der Waals surface area contributed by atoms with Gasteiger partial charge in [-0.1, -0.05) is 5.16 Å². The standard InChI is InChI=1S/C6H10N4O3/c7-3-9-4(2-10-13)1-5(8)6(11)12/h2-3,5,7,13H,1,8H2,(H,11,12). The topological polar surface area (TPSA) is 132 Å². The maximum absolute atomic E-state index is 10.3. The molecule has 0 radical (unpaired) electrons. The molecule has 0 spiro atoms. The van der Waals surface area contributed by atoms with Crippen molar-refractivity contribution >= 4 is 24.2 Å². The first-order chi connectivity index (χ1) is 6.11. The fourth-order valence-corrected chi connectivity index (χ4v) is 0.601. The number of oxime groups is 1. The summed E-state index contributed by atoms with van der Waals surface area (Å²) in [6.07, 6.45) is 1.56. The predicted octanol–water partition coefficient (Wildman–Crippen LogP) is -0.704. The Bertz CT molecular complexity index is 248. The van der Waals surface area contributed by atoms with Crippen LogP contribution in [0, 0.1) is 5.41 Å². The maximum atomic E-state index is 10.3. The highest BCUT2D eigenvalue weighted by Crippen LogP contribution is 1.91. The smallest absolute Gasteiger partial charge is 0.320 e. The van der Waals surface area contributed by atoms with E-state index >= 15 is 0 Å². The zero-order chi connectivity index (χ0) is 10.3. The molecule has 0 rings (SSSR count). The quantitative estimate of drug-likeness (QED) is 0.195. The molecule has 13 heavy (non-hydrogen) atoms. The van der Waals surface area contributed by atoms with E-state index in [9.17, 15) is 4.79 Å². The second kappa shape index (κ2) is 5.84. The zero-order valence-corrected chi connectivity index (χ0v) is 6.71. The molecule has 0 fully saturated rings. The molecule has 0 saturated heterocycles. The van der Waals surface area contributed by atoms with Crippen molar-refractivity contribution in [3.05, 3.63) is 0 Å². The Kier molecular flexibility index (Phi) is 5.05. The van der Waals surface area contributed by atoms with Crippen molar-refractivity contribution in [3.63, 3.8) is 0 Å². The van der Waals surface area contributed by atoms with Crippen molar-refractivity contribution in [2.45, 2.75) is 12.5 Å². The predicted molar refractivity (Wildman–Crippen MR) is 46.7 cm³/mol. The van der Waals surface area contributed by atoms with E-state index in [4.69, 9.17) is 21.5 Å². The van der Waals surface area contributed by atoms with E-state index < -0.39 is 12.0 Å². The minimum atomic E-state index is -1.18. The van der Waals surface area contributed by atoms with Gasteiger partial charge in [0.1, 0.15) is 12.4 Å². The molecular formula is C6H10N4O3. The summed E-state index contributed by atoms with van der Waals surface area (Å²) in [4.78, 5) is 13.7. The van der Waals surface area contributed by atoms with Gasteiger partial charge in [0, 0.05) is 6.42 Å². The van der Waals surface area contributed by atoms with Crippen LogP contribution in [0.4, 0.5) is 0 Å². The van der Waals surface area contributed by atoms with Gasteiger partial charge in [0.15, 0.2) is 0 Å². The molecule has 5 N–H and O–H groups in total. The minimum Gasteiger partial charge on any atom is -0.480 e. The highest BCUT2D eigenvalue weighted by atomic mass is 16.4. The molecule has 0 aliphatic carbocycles. The fourth-order valence-electron chi connectivity index (χ4n) is 0.601. The molecule has 0 aromatic heterocycles. The molecule has 0 amide bonds. The molecule has 0 aromatic rings. The lowest BCUT2D eigenvalue weighted by molar-refractivity contribution is -0.138. The van der Waals surface area contributed by atoms with Gasteiger partial charge in [0.05, 0.1) is 11.9 Å². The van der Waals surface area contributed by atoms with Gasteiger partial charge >= 0.3 is 5.97 Å². The second-order valence-electron chi connectivity index (χ2n) is 2.14. The average Bonchev–Trinajstić information content (AvgIpc) is 2.05. The molecule has 0 saturated carbocycles. The average molecular weight is 186 g/mol. The van der Waals surface area contributed by atoms with E-state index in [-0.39, 0.29) is 12.1 Å². The van der Waals surface area contributed by atoms with Crippen molar-refractivity contribution in [2.75, 3.05) is 0 Å². The first-order valence-corrected chi connectivity index (χ1v) is 3.33. The second-order valence-corrected chi connectivity index (χ2v) is 2.14. The number of carboxylic acid groups (broad SMARTS) is 1. The van der Waals surface area contributed by atoms with Crippen LogP contribution in [0.2, 0.25) is 0 Å². The van der Waals surface area contributed by atoms with Crippen LogP contribution >= 0.6 is 0 Å². The summed E-state index contributed by atoms with van der Waals surface area (Å²) >= 11 is 0. The number of nitrogens with zero attached hydrogens (tertiary/aromatic N) is 2. The molecule has 0 heterocycles. The normalized spacial score (nSPS) is 14.4. The van der Waals surface area contributed by atoms with Gasteiger partial charge in [-0.05, 0) is 0 Å². The molecule has 0 aromatic carbocycles. The monoisotopic (exact) mass is 186 g/mol. The van der Waals surface area contributed by atoms with Gasteiger partial charge in [-0.25, -0.2) is 4.99 Å². The molecule has 0 aliphatic heterocycles. The number of carbonyl (C=O) groups is 1. The number of aliphatic carboxylic acids is 1. The first-order valence-electron chi connectivity index (χ1n) is 3.33. The van der Waals surface area contributed by atoms with E-state index in [2.05, 4.69) is 10.1 Å². The Balaban J connectivity index is 4.34. The Morgan fingerprint density at radius 3 is 2.69 bits per heavy atom. The molecule has 0 aliphatic rings.